The summed E-state index contributed by atoms with van der Waals surface area (Å²) in [5, 5.41) is 5.41. The van der Waals surface area contributed by atoms with Crippen molar-refractivity contribution in [3.05, 3.63) is 82.6 Å². The molecule has 0 aliphatic rings. The first-order chi connectivity index (χ1) is 13.5. The van der Waals surface area contributed by atoms with E-state index in [1.807, 2.05) is 55.6 Å². The number of halogens is 3. The van der Waals surface area contributed by atoms with Crippen LogP contribution in [0.15, 0.2) is 60.9 Å². The summed E-state index contributed by atoms with van der Waals surface area (Å²) in [6.07, 6.45) is 3.96. The van der Waals surface area contributed by atoms with Gasteiger partial charge in [0.05, 0.1) is 16.2 Å². The number of aromatic nitrogens is 3. The third-order valence-corrected chi connectivity index (χ3v) is 4.91. The standard InChI is InChI=1S/C21H16ClF2N3O/c1-13-16-4-2-5-18(22)19(16)26-20(28-21(23)24)17(13)12-14-6-8-15(9-7-14)27-11-3-10-25-27/h2-11,21H,12H2,1H3. The number of hydrogen-bond donors (Lipinski definition) is 0. The number of benzene rings is 2. The largest absolute Gasteiger partial charge is 0.417 e. The number of alkyl halides is 2. The molecule has 0 atom stereocenters. The monoisotopic (exact) mass is 399 g/mol. The molecular weight excluding hydrogens is 384 g/mol. The summed E-state index contributed by atoms with van der Waals surface area (Å²) in [6, 6.07) is 14.9. The highest BCUT2D eigenvalue weighted by molar-refractivity contribution is 6.35. The average molecular weight is 400 g/mol. The second-order valence-corrected chi connectivity index (χ2v) is 6.74. The molecule has 0 bridgehead atoms. The van der Waals surface area contributed by atoms with Crippen LogP contribution in [-0.2, 0) is 6.42 Å². The van der Waals surface area contributed by atoms with E-state index in [4.69, 9.17) is 16.3 Å². The average Bonchev–Trinajstić information content (AvgIpc) is 3.21. The van der Waals surface area contributed by atoms with E-state index in [0.717, 1.165) is 22.2 Å². The molecule has 7 heteroatoms. The number of pyridine rings is 1. The molecule has 0 spiro atoms. The van der Waals surface area contributed by atoms with E-state index in [1.54, 1.807) is 16.9 Å². The molecule has 0 fully saturated rings. The summed E-state index contributed by atoms with van der Waals surface area (Å²) in [6.45, 7) is -1.10. The Morgan fingerprint density at radius 2 is 1.89 bits per heavy atom. The molecule has 142 valence electrons. The van der Waals surface area contributed by atoms with Crippen molar-refractivity contribution in [2.24, 2.45) is 0 Å². The zero-order valence-electron chi connectivity index (χ0n) is 14.9. The minimum atomic E-state index is -2.97. The van der Waals surface area contributed by atoms with Gasteiger partial charge in [0.2, 0.25) is 5.88 Å². The summed E-state index contributed by atoms with van der Waals surface area (Å²) in [7, 11) is 0. The summed E-state index contributed by atoms with van der Waals surface area (Å²) in [5.41, 5.74) is 3.75. The molecule has 2 aromatic heterocycles. The Hall–Kier alpha value is -2.99. The zero-order valence-corrected chi connectivity index (χ0v) is 15.7. The van der Waals surface area contributed by atoms with E-state index in [0.29, 0.717) is 22.5 Å². The van der Waals surface area contributed by atoms with Crippen molar-refractivity contribution in [3.63, 3.8) is 0 Å². The first-order valence-corrected chi connectivity index (χ1v) is 9.02. The van der Waals surface area contributed by atoms with Gasteiger partial charge in [-0.2, -0.15) is 13.9 Å². The number of aryl methyl sites for hydroxylation is 1. The Bertz CT molecular complexity index is 1110. The van der Waals surface area contributed by atoms with Crippen LogP contribution in [0, 0.1) is 6.92 Å². The van der Waals surface area contributed by atoms with Crippen LogP contribution in [-0.4, -0.2) is 21.4 Å². The molecule has 4 nitrogen and oxygen atoms in total. The number of ether oxygens (including phenoxy) is 1. The van der Waals surface area contributed by atoms with Crippen molar-refractivity contribution >= 4 is 22.5 Å². The van der Waals surface area contributed by atoms with Crippen LogP contribution in [0.25, 0.3) is 16.6 Å². The van der Waals surface area contributed by atoms with Crippen LogP contribution in [0.4, 0.5) is 8.78 Å². The van der Waals surface area contributed by atoms with Gasteiger partial charge in [-0.05, 0) is 42.3 Å². The van der Waals surface area contributed by atoms with Gasteiger partial charge in [-0.15, -0.1) is 0 Å². The molecule has 0 aliphatic heterocycles. The van der Waals surface area contributed by atoms with Gasteiger partial charge in [-0.1, -0.05) is 35.9 Å². The summed E-state index contributed by atoms with van der Waals surface area (Å²) in [4.78, 5) is 4.28. The van der Waals surface area contributed by atoms with E-state index >= 15 is 0 Å². The highest BCUT2D eigenvalue weighted by Gasteiger charge is 2.18. The summed E-state index contributed by atoms with van der Waals surface area (Å²) < 4.78 is 32.4. The molecule has 0 saturated carbocycles. The van der Waals surface area contributed by atoms with Crippen LogP contribution in [0.3, 0.4) is 0 Å². The highest BCUT2D eigenvalue weighted by Crippen LogP contribution is 2.33. The van der Waals surface area contributed by atoms with E-state index in [2.05, 4.69) is 10.1 Å². The number of nitrogens with zero attached hydrogens (tertiary/aromatic N) is 3. The van der Waals surface area contributed by atoms with Gasteiger partial charge in [0.1, 0.15) is 0 Å². The lowest BCUT2D eigenvalue weighted by molar-refractivity contribution is -0.0532. The smallest absolute Gasteiger partial charge is 0.388 e. The van der Waals surface area contributed by atoms with Crippen LogP contribution in [0.5, 0.6) is 5.88 Å². The molecule has 0 N–H and O–H groups in total. The topological polar surface area (TPSA) is 39.9 Å². The van der Waals surface area contributed by atoms with Crippen LogP contribution >= 0.6 is 11.6 Å². The van der Waals surface area contributed by atoms with Gasteiger partial charge in [-0.3, -0.25) is 0 Å². The van der Waals surface area contributed by atoms with Crippen molar-refractivity contribution in [2.45, 2.75) is 20.0 Å². The molecule has 0 unspecified atom stereocenters. The minimum Gasteiger partial charge on any atom is -0.417 e. The molecule has 4 aromatic rings. The predicted octanol–water partition coefficient (Wildman–Crippen LogP) is 5.57. The van der Waals surface area contributed by atoms with Gasteiger partial charge < -0.3 is 4.74 Å². The van der Waals surface area contributed by atoms with E-state index in [9.17, 15) is 8.78 Å². The fourth-order valence-electron chi connectivity index (χ4n) is 3.21. The second-order valence-electron chi connectivity index (χ2n) is 6.33. The first-order valence-electron chi connectivity index (χ1n) is 8.64. The third kappa shape index (κ3) is 3.55. The van der Waals surface area contributed by atoms with Crippen LogP contribution in [0.1, 0.15) is 16.7 Å². The molecule has 2 heterocycles. The van der Waals surface area contributed by atoms with E-state index < -0.39 is 6.61 Å². The molecule has 0 radical (unpaired) electrons. The Kier molecular flexibility index (Phi) is 4.96. The minimum absolute atomic E-state index is 0.0933. The van der Waals surface area contributed by atoms with Gasteiger partial charge in [0.25, 0.3) is 0 Å². The van der Waals surface area contributed by atoms with Gasteiger partial charge in [0, 0.05) is 29.8 Å². The molecular formula is C21H16ClF2N3O. The van der Waals surface area contributed by atoms with Crippen molar-refractivity contribution in [1.29, 1.82) is 0 Å². The van der Waals surface area contributed by atoms with Gasteiger partial charge in [-0.25, -0.2) is 9.67 Å². The number of rotatable bonds is 5. The maximum absolute atomic E-state index is 13.0. The van der Waals surface area contributed by atoms with Crippen molar-refractivity contribution in [3.8, 4) is 11.6 Å². The van der Waals surface area contributed by atoms with Crippen molar-refractivity contribution in [2.75, 3.05) is 0 Å². The normalized spacial score (nSPS) is 11.3. The fourth-order valence-corrected chi connectivity index (χ4v) is 3.42. The van der Waals surface area contributed by atoms with Crippen LogP contribution in [0.2, 0.25) is 5.02 Å². The number of para-hydroxylation sites is 1. The molecule has 0 saturated heterocycles. The molecule has 28 heavy (non-hydrogen) atoms. The Morgan fingerprint density at radius 1 is 1.11 bits per heavy atom. The lowest BCUT2D eigenvalue weighted by Crippen LogP contribution is -2.09. The maximum atomic E-state index is 13.0. The fraction of sp³-hybridized carbons (Fsp3) is 0.143. The van der Waals surface area contributed by atoms with E-state index in [1.165, 1.54) is 0 Å². The van der Waals surface area contributed by atoms with Gasteiger partial charge >= 0.3 is 6.61 Å². The summed E-state index contributed by atoms with van der Waals surface area (Å²) in [5.74, 6) is -0.0933. The van der Waals surface area contributed by atoms with E-state index in [-0.39, 0.29) is 5.88 Å². The first kappa shape index (κ1) is 18.4. The highest BCUT2D eigenvalue weighted by atomic mass is 35.5. The predicted molar refractivity (Wildman–Crippen MR) is 104 cm³/mol. The lowest BCUT2D eigenvalue weighted by Gasteiger charge is -2.16. The quantitative estimate of drug-likeness (QED) is 0.440. The third-order valence-electron chi connectivity index (χ3n) is 4.60. The number of hydrogen-bond acceptors (Lipinski definition) is 3. The molecule has 2 aromatic carbocycles. The SMILES string of the molecule is Cc1c(Cc2ccc(-n3cccn3)cc2)c(OC(F)F)nc2c(Cl)cccc12. The summed E-state index contributed by atoms with van der Waals surface area (Å²) >= 11 is 6.20. The second kappa shape index (κ2) is 7.56. The maximum Gasteiger partial charge on any atom is 0.388 e. The Labute approximate surface area is 165 Å². The van der Waals surface area contributed by atoms with Crippen molar-refractivity contribution < 1.29 is 13.5 Å². The van der Waals surface area contributed by atoms with Gasteiger partial charge in [0.15, 0.2) is 0 Å². The number of fused-ring (bicyclic) bond motifs is 1. The lowest BCUT2D eigenvalue weighted by atomic mass is 9.98. The Morgan fingerprint density at radius 3 is 2.57 bits per heavy atom. The van der Waals surface area contributed by atoms with Crippen LogP contribution < -0.4 is 4.74 Å². The molecule has 4 rings (SSSR count). The molecule has 0 amide bonds. The van der Waals surface area contributed by atoms with Crippen molar-refractivity contribution in [1.82, 2.24) is 14.8 Å². The Balaban J connectivity index is 1.75. The molecule has 0 aliphatic carbocycles. The zero-order chi connectivity index (χ0) is 19.7.